The third-order valence-corrected chi connectivity index (χ3v) is 2.09. The Hall–Kier alpha value is -1.56. The van der Waals surface area contributed by atoms with Gasteiger partial charge in [0.25, 0.3) is 0 Å². The number of rotatable bonds is 3. The zero-order chi connectivity index (χ0) is 12.9. The summed E-state index contributed by atoms with van der Waals surface area (Å²) < 4.78 is 37.5. The number of benzene rings is 1. The number of aliphatic imine (C=N–C) groups is 1. The fraction of sp³-hybridized carbons (Fsp3) is 0.364. The Labute approximate surface area is 97.5 Å². The molecule has 0 aromatic heterocycles. The third-order valence-electron chi connectivity index (χ3n) is 2.09. The smallest absolute Gasteiger partial charge is 0.308 e. The topological polar surface area (TPSA) is 50.4 Å². The molecular weight excluding hydrogens is 231 g/mol. The maximum Gasteiger partial charge on any atom is 0.416 e. The Bertz CT molecular complexity index is 399. The van der Waals surface area contributed by atoms with E-state index in [2.05, 4.69) is 10.4 Å². The number of nitrogens with two attached hydrogens (primary N) is 1. The van der Waals surface area contributed by atoms with Crippen LogP contribution < -0.4 is 11.3 Å². The number of nitrogens with one attached hydrogen (secondary N) is 1. The van der Waals surface area contributed by atoms with E-state index in [0.717, 1.165) is 18.6 Å². The number of hydrogen-bond acceptors (Lipinski definition) is 2. The number of amidine groups is 1. The van der Waals surface area contributed by atoms with E-state index >= 15 is 0 Å². The summed E-state index contributed by atoms with van der Waals surface area (Å²) in [5, 5.41) is 0. The maximum absolute atomic E-state index is 12.5. The van der Waals surface area contributed by atoms with Crippen molar-refractivity contribution < 1.29 is 13.2 Å². The van der Waals surface area contributed by atoms with Crippen molar-refractivity contribution in [3.05, 3.63) is 35.4 Å². The Kier molecular flexibility index (Phi) is 4.51. The highest BCUT2D eigenvalue weighted by Gasteiger charge is 2.30. The Morgan fingerprint density at radius 1 is 1.41 bits per heavy atom. The van der Waals surface area contributed by atoms with E-state index in [1.54, 1.807) is 0 Å². The Morgan fingerprint density at radius 2 is 2.12 bits per heavy atom. The molecule has 6 heteroatoms. The molecule has 0 aliphatic carbocycles. The SMILES string of the molecule is CCCN=C(NN)c1cccc(C(F)(F)F)c1. The molecule has 0 aliphatic heterocycles. The van der Waals surface area contributed by atoms with Gasteiger partial charge in [0.15, 0.2) is 0 Å². The molecule has 0 radical (unpaired) electrons. The Morgan fingerprint density at radius 3 is 2.65 bits per heavy atom. The van der Waals surface area contributed by atoms with Gasteiger partial charge in [-0.2, -0.15) is 13.2 Å². The molecule has 3 N–H and O–H groups in total. The van der Waals surface area contributed by atoms with Crippen molar-refractivity contribution >= 4 is 5.84 Å². The van der Waals surface area contributed by atoms with Crippen molar-refractivity contribution in [1.82, 2.24) is 5.43 Å². The first-order chi connectivity index (χ1) is 7.99. The van der Waals surface area contributed by atoms with Crippen LogP contribution >= 0.6 is 0 Å². The lowest BCUT2D eigenvalue weighted by atomic mass is 10.1. The van der Waals surface area contributed by atoms with Gasteiger partial charge in [-0.25, -0.2) is 5.84 Å². The van der Waals surface area contributed by atoms with Gasteiger partial charge in [-0.15, -0.1) is 0 Å². The second kappa shape index (κ2) is 5.67. The molecule has 3 nitrogen and oxygen atoms in total. The summed E-state index contributed by atoms with van der Waals surface area (Å²) in [5.74, 6) is 5.50. The van der Waals surface area contributed by atoms with Crippen LogP contribution in [0.1, 0.15) is 24.5 Å². The van der Waals surface area contributed by atoms with Crippen LogP contribution in [0.4, 0.5) is 13.2 Å². The lowest BCUT2D eigenvalue weighted by Crippen LogP contribution is -2.31. The maximum atomic E-state index is 12.5. The number of hydrogen-bond donors (Lipinski definition) is 2. The Balaban J connectivity index is 3.05. The highest BCUT2D eigenvalue weighted by Crippen LogP contribution is 2.29. The summed E-state index contributed by atoms with van der Waals surface area (Å²) in [6.45, 7) is 2.43. The van der Waals surface area contributed by atoms with Crippen LogP contribution in [-0.4, -0.2) is 12.4 Å². The predicted molar refractivity (Wildman–Crippen MR) is 60.5 cm³/mol. The van der Waals surface area contributed by atoms with Gasteiger partial charge in [-0.1, -0.05) is 19.1 Å². The standard InChI is InChI=1S/C11H14F3N3/c1-2-6-16-10(17-15)8-4-3-5-9(7-8)11(12,13)14/h3-5,7H,2,6,15H2,1H3,(H,16,17). The van der Waals surface area contributed by atoms with Gasteiger partial charge >= 0.3 is 6.18 Å². The summed E-state index contributed by atoms with van der Waals surface area (Å²) in [7, 11) is 0. The normalized spacial score (nSPS) is 12.6. The van der Waals surface area contributed by atoms with Crippen LogP contribution in [0.15, 0.2) is 29.3 Å². The van der Waals surface area contributed by atoms with Gasteiger partial charge in [0.1, 0.15) is 5.84 Å². The van der Waals surface area contributed by atoms with Crippen molar-refractivity contribution in [2.24, 2.45) is 10.8 Å². The third kappa shape index (κ3) is 3.74. The summed E-state index contributed by atoms with van der Waals surface area (Å²) in [5.41, 5.74) is 1.93. The van der Waals surface area contributed by atoms with Crippen molar-refractivity contribution in [2.45, 2.75) is 19.5 Å². The highest BCUT2D eigenvalue weighted by molar-refractivity contribution is 5.98. The summed E-state index contributed by atoms with van der Waals surface area (Å²) in [4.78, 5) is 4.07. The minimum absolute atomic E-state index is 0.262. The average molecular weight is 245 g/mol. The van der Waals surface area contributed by atoms with E-state index in [1.807, 2.05) is 6.92 Å². The molecular formula is C11H14F3N3. The van der Waals surface area contributed by atoms with E-state index in [1.165, 1.54) is 12.1 Å². The van der Waals surface area contributed by atoms with Crippen LogP contribution in [0.25, 0.3) is 0 Å². The summed E-state index contributed by atoms with van der Waals surface area (Å²) in [6.07, 6.45) is -3.56. The molecule has 0 amide bonds. The summed E-state index contributed by atoms with van der Waals surface area (Å²) in [6, 6.07) is 4.90. The van der Waals surface area contributed by atoms with Gasteiger partial charge < -0.3 is 5.43 Å². The quantitative estimate of drug-likeness (QED) is 0.371. The molecule has 0 saturated carbocycles. The van der Waals surface area contributed by atoms with Gasteiger partial charge in [-0.3, -0.25) is 4.99 Å². The molecule has 94 valence electrons. The molecule has 0 saturated heterocycles. The molecule has 17 heavy (non-hydrogen) atoms. The largest absolute Gasteiger partial charge is 0.416 e. The molecule has 0 aliphatic rings. The lowest BCUT2D eigenvalue weighted by molar-refractivity contribution is -0.137. The van der Waals surface area contributed by atoms with Crippen LogP contribution in [0.5, 0.6) is 0 Å². The zero-order valence-electron chi connectivity index (χ0n) is 9.38. The van der Waals surface area contributed by atoms with Gasteiger partial charge in [-0.05, 0) is 18.6 Å². The fourth-order valence-corrected chi connectivity index (χ4v) is 1.29. The molecule has 1 aromatic carbocycles. The van der Waals surface area contributed by atoms with Crippen LogP contribution in [-0.2, 0) is 6.18 Å². The van der Waals surface area contributed by atoms with Crippen LogP contribution in [0.3, 0.4) is 0 Å². The molecule has 0 bridgehead atoms. The minimum atomic E-state index is -4.36. The zero-order valence-corrected chi connectivity index (χ0v) is 9.38. The number of halogens is 3. The van der Waals surface area contributed by atoms with Crippen molar-refractivity contribution in [3.8, 4) is 0 Å². The van der Waals surface area contributed by atoms with Crippen LogP contribution in [0, 0.1) is 0 Å². The van der Waals surface area contributed by atoms with E-state index in [-0.39, 0.29) is 5.84 Å². The average Bonchev–Trinajstić information content (AvgIpc) is 2.29. The predicted octanol–water partition coefficient (Wildman–Crippen LogP) is 2.33. The van der Waals surface area contributed by atoms with Gasteiger partial charge in [0.2, 0.25) is 0 Å². The molecule has 0 unspecified atom stereocenters. The molecule has 1 rings (SSSR count). The van der Waals surface area contributed by atoms with E-state index in [9.17, 15) is 13.2 Å². The van der Waals surface area contributed by atoms with E-state index in [4.69, 9.17) is 5.84 Å². The van der Waals surface area contributed by atoms with Crippen molar-refractivity contribution in [2.75, 3.05) is 6.54 Å². The molecule has 0 heterocycles. The molecule has 0 fully saturated rings. The van der Waals surface area contributed by atoms with Crippen molar-refractivity contribution in [1.29, 1.82) is 0 Å². The van der Waals surface area contributed by atoms with E-state index in [0.29, 0.717) is 12.1 Å². The molecule has 1 aromatic rings. The van der Waals surface area contributed by atoms with E-state index < -0.39 is 11.7 Å². The minimum Gasteiger partial charge on any atom is -0.308 e. The first-order valence-electron chi connectivity index (χ1n) is 5.17. The first kappa shape index (κ1) is 13.5. The van der Waals surface area contributed by atoms with Crippen LogP contribution in [0.2, 0.25) is 0 Å². The second-order valence-electron chi connectivity index (χ2n) is 3.45. The first-order valence-corrected chi connectivity index (χ1v) is 5.17. The highest BCUT2D eigenvalue weighted by atomic mass is 19.4. The number of nitrogens with zero attached hydrogens (tertiary/aromatic N) is 1. The fourth-order valence-electron chi connectivity index (χ4n) is 1.29. The van der Waals surface area contributed by atoms with Gasteiger partial charge in [0.05, 0.1) is 5.56 Å². The monoisotopic (exact) mass is 245 g/mol. The summed E-state index contributed by atoms with van der Waals surface area (Å²) >= 11 is 0. The number of hydrazine groups is 1. The molecule has 0 atom stereocenters. The lowest BCUT2D eigenvalue weighted by Gasteiger charge is -2.10. The molecule has 0 spiro atoms. The van der Waals surface area contributed by atoms with Gasteiger partial charge in [0, 0.05) is 12.1 Å². The second-order valence-corrected chi connectivity index (χ2v) is 3.45. The number of alkyl halides is 3. The van der Waals surface area contributed by atoms with Crippen molar-refractivity contribution in [3.63, 3.8) is 0 Å².